The Morgan fingerprint density at radius 2 is 1.74 bits per heavy atom. The molecule has 0 saturated heterocycles. The standard InChI is InChI=1S/C13H28O5S/c1-4-7-9-11(6-3)10-18-13(14)12(8-5-2)19(15,16)17/h11-12,15-17H,4-10H2,1-3H3. The van der Waals surface area contributed by atoms with Gasteiger partial charge in [0.05, 0.1) is 17.5 Å². The van der Waals surface area contributed by atoms with Gasteiger partial charge in [-0.1, -0.05) is 46.5 Å². The molecular formula is C13H28O5S. The van der Waals surface area contributed by atoms with Crippen molar-refractivity contribution in [2.45, 2.75) is 64.5 Å². The zero-order valence-corrected chi connectivity index (χ0v) is 13.0. The molecule has 3 N–H and O–H groups in total. The minimum Gasteiger partial charge on any atom is -0.464 e. The summed E-state index contributed by atoms with van der Waals surface area (Å²) in [6, 6.07) is 0. The van der Waals surface area contributed by atoms with E-state index in [0.29, 0.717) is 12.3 Å². The van der Waals surface area contributed by atoms with Crippen LogP contribution >= 0.6 is 10.9 Å². The largest absolute Gasteiger partial charge is 0.464 e. The Morgan fingerprint density at radius 3 is 2.16 bits per heavy atom. The number of rotatable bonds is 10. The lowest BCUT2D eigenvalue weighted by molar-refractivity contribution is -0.145. The summed E-state index contributed by atoms with van der Waals surface area (Å²) in [6.07, 6.45) is 4.88. The van der Waals surface area contributed by atoms with Gasteiger partial charge < -0.3 is 18.4 Å². The molecule has 2 unspecified atom stereocenters. The number of carbonyl (C=O) groups is 1. The predicted octanol–water partition coefficient (Wildman–Crippen LogP) is 4.14. The smallest absolute Gasteiger partial charge is 0.324 e. The van der Waals surface area contributed by atoms with Crippen LogP contribution < -0.4 is 0 Å². The summed E-state index contributed by atoms with van der Waals surface area (Å²) >= 11 is 0. The predicted molar refractivity (Wildman–Crippen MR) is 78.4 cm³/mol. The minimum absolute atomic E-state index is 0.212. The molecule has 0 saturated carbocycles. The Kier molecular flexibility index (Phi) is 9.43. The lowest BCUT2D eigenvalue weighted by atomic mass is 10.0. The van der Waals surface area contributed by atoms with E-state index in [-0.39, 0.29) is 13.0 Å². The lowest BCUT2D eigenvalue weighted by Crippen LogP contribution is -2.30. The summed E-state index contributed by atoms with van der Waals surface area (Å²) in [5.74, 6) is -0.411. The topological polar surface area (TPSA) is 87.0 Å². The van der Waals surface area contributed by atoms with Crippen molar-refractivity contribution in [1.29, 1.82) is 0 Å². The van der Waals surface area contributed by atoms with E-state index in [4.69, 9.17) is 4.74 Å². The first-order valence-corrected chi connectivity index (χ1v) is 8.59. The molecule has 0 radical (unpaired) electrons. The average molecular weight is 296 g/mol. The normalized spacial score (nSPS) is 15.9. The van der Waals surface area contributed by atoms with Crippen molar-refractivity contribution >= 4 is 16.8 Å². The van der Waals surface area contributed by atoms with Crippen LogP contribution in [0.4, 0.5) is 0 Å². The van der Waals surface area contributed by atoms with Crippen LogP contribution in [0.25, 0.3) is 0 Å². The van der Waals surface area contributed by atoms with Gasteiger partial charge in [0.1, 0.15) is 0 Å². The molecule has 0 aliphatic rings. The van der Waals surface area contributed by atoms with Gasteiger partial charge in [-0.2, -0.15) is 0 Å². The Balaban J connectivity index is 4.31. The minimum atomic E-state index is -3.87. The van der Waals surface area contributed by atoms with Crippen molar-refractivity contribution < 1.29 is 23.2 Å². The Bertz CT molecular complexity index is 252. The molecule has 0 aliphatic carbocycles. The van der Waals surface area contributed by atoms with Gasteiger partial charge in [0.25, 0.3) is 0 Å². The second-order valence-corrected chi connectivity index (χ2v) is 6.58. The van der Waals surface area contributed by atoms with Crippen LogP contribution in [-0.2, 0) is 9.53 Å². The fraction of sp³-hybridized carbons (Fsp3) is 0.923. The van der Waals surface area contributed by atoms with E-state index in [1.807, 2.05) is 13.8 Å². The highest BCUT2D eigenvalue weighted by Gasteiger charge is 2.34. The molecule has 0 aromatic carbocycles. The highest BCUT2D eigenvalue weighted by Crippen LogP contribution is 2.42. The fourth-order valence-electron chi connectivity index (χ4n) is 1.86. The molecule has 0 heterocycles. The van der Waals surface area contributed by atoms with E-state index in [0.717, 1.165) is 25.7 Å². The van der Waals surface area contributed by atoms with Crippen molar-refractivity contribution in [1.82, 2.24) is 0 Å². The zero-order chi connectivity index (χ0) is 14.9. The van der Waals surface area contributed by atoms with Crippen LogP contribution in [0.3, 0.4) is 0 Å². The molecular weight excluding hydrogens is 268 g/mol. The molecule has 2 atom stereocenters. The Labute approximate surface area is 117 Å². The average Bonchev–Trinajstić information content (AvgIpc) is 2.34. The number of ether oxygens (including phenoxy) is 1. The van der Waals surface area contributed by atoms with E-state index < -0.39 is 22.1 Å². The number of hydrogen-bond donors (Lipinski definition) is 3. The highest BCUT2D eigenvalue weighted by atomic mass is 32.3. The summed E-state index contributed by atoms with van der Waals surface area (Å²) in [5, 5.41) is -1.22. The van der Waals surface area contributed by atoms with E-state index in [1.54, 1.807) is 0 Å². The van der Waals surface area contributed by atoms with Gasteiger partial charge in [0.2, 0.25) is 0 Å². The van der Waals surface area contributed by atoms with Crippen LogP contribution in [0, 0.1) is 5.92 Å². The number of hydrogen-bond acceptors (Lipinski definition) is 5. The van der Waals surface area contributed by atoms with Crippen LogP contribution in [0.5, 0.6) is 0 Å². The van der Waals surface area contributed by atoms with E-state index >= 15 is 0 Å². The van der Waals surface area contributed by atoms with Gasteiger partial charge in [-0.3, -0.25) is 4.79 Å². The molecule has 0 spiro atoms. The maximum absolute atomic E-state index is 11.8. The lowest BCUT2D eigenvalue weighted by Gasteiger charge is -2.28. The van der Waals surface area contributed by atoms with Crippen LogP contribution in [0.2, 0.25) is 0 Å². The highest BCUT2D eigenvalue weighted by molar-refractivity contribution is 8.20. The van der Waals surface area contributed by atoms with Crippen molar-refractivity contribution in [2.24, 2.45) is 5.92 Å². The molecule has 0 aliphatic heterocycles. The maximum atomic E-state index is 11.8. The molecule has 0 amide bonds. The second kappa shape index (κ2) is 9.58. The first kappa shape index (κ1) is 18.7. The molecule has 0 aromatic heterocycles. The third-order valence-corrected chi connectivity index (χ3v) is 4.39. The molecule has 6 heteroatoms. The summed E-state index contributed by atoms with van der Waals surface area (Å²) in [4.78, 5) is 11.8. The molecule has 0 bridgehead atoms. The zero-order valence-electron chi connectivity index (χ0n) is 12.2. The third-order valence-electron chi connectivity index (χ3n) is 3.20. The second-order valence-electron chi connectivity index (χ2n) is 4.89. The van der Waals surface area contributed by atoms with Gasteiger partial charge in [0.15, 0.2) is 5.25 Å². The van der Waals surface area contributed by atoms with Crippen molar-refractivity contribution in [3.8, 4) is 0 Å². The molecule has 116 valence electrons. The number of unbranched alkanes of at least 4 members (excludes halogenated alkanes) is 1. The third kappa shape index (κ3) is 7.77. The van der Waals surface area contributed by atoms with Crippen LogP contribution in [-0.4, -0.2) is 31.5 Å². The Hall–Kier alpha value is -0.300. The number of esters is 1. The first-order valence-electron chi connectivity index (χ1n) is 7.02. The van der Waals surface area contributed by atoms with E-state index in [9.17, 15) is 18.5 Å². The number of carbonyl (C=O) groups excluding carboxylic acids is 1. The van der Waals surface area contributed by atoms with Gasteiger partial charge in [0, 0.05) is 0 Å². The molecule has 0 fully saturated rings. The summed E-state index contributed by atoms with van der Waals surface area (Å²) < 4.78 is 32.8. The molecule has 0 rings (SSSR count). The molecule has 0 aromatic rings. The van der Waals surface area contributed by atoms with Crippen molar-refractivity contribution in [3.05, 3.63) is 0 Å². The first-order chi connectivity index (χ1) is 8.86. The van der Waals surface area contributed by atoms with Gasteiger partial charge >= 0.3 is 5.97 Å². The van der Waals surface area contributed by atoms with Crippen molar-refractivity contribution in [2.75, 3.05) is 6.61 Å². The molecule has 5 nitrogen and oxygen atoms in total. The summed E-state index contributed by atoms with van der Waals surface area (Å²) in [5.41, 5.74) is 0. The van der Waals surface area contributed by atoms with Crippen molar-refractivity contribution in [3.63, 3.8) is 0 Å². The molecule has 19 heavy (non-hydrogen) atoms. The fourth-order valence-corrected chi connectivity index (χ4v) is 2.74. The van der Waals surface area contributed by atoms with Gasteiger partial charge in [-0.15, -0.1) is 0 Å². The summed E-state index contributed by atoms with van der Waals surface area (Å²) in [6.45, 7) is 6.24. The van der Waals surface area contributed by atoms with E-state index in [1.165, 1.54) is 0 Å². The van der Waals surface area contributed by atoms with E-state index in [2.05, 4.69) is 6.92 Å². The quantitative estimate of drug-likeness (QED) is 0.527. The monoisotopic (exact) mass is 296 g/mol. The summed E-state index contributed by atoms with van der Waals surface area (Å²) in [7, 11) is -3.87. The maximum Gasteiger partial charge on any atom is 0.324 e. The SMILES string of the molecule is CCCCC(CC)COC(=O)C(CCC)S(O)(O)O. The van der Waals surface area contributed by atoms with Crippen LogP contribution in [0.15, 0.2) is 0 Å². The van der Waals surface area contributed by atoms with Crippen LogP contribution in [0.1, 0.15) is 59.3 Å². The van der Waals surface area contributed by atoms with Gasteiger partial charge in [-0.25, -0.2) is 0 Å². The Morgan fingerprint density at radius 1 is 1.11 bits per heavy atom. The van der Waals surface area contributed by atoms with Gasteiger partial charge in [-0.05, 0) is 18.8 Å².